The van der Waals surface area contributed by atoms with E-state index in [1.165, 1.54) is 24.3 Å². The molecule has 1 unspecified atom stereocenters. The van der Waals surface area contributed by atoms with E-state index in [1.807, 2.05) is 0 Å². The summed E-state index contributed by atoms with van der Waals surface area (Å²) in [7, 11) is -7.31. The number of phenolic OH excluding ortho intramolecular Hbond substituents is 12. The van der Waals surface area contributed by atoms with Gasteiger partial charge in [0.1, 0.15) is 38.5 Å². The zero-order chi connectivity index (χ0) is 58.9. The molecule has 0 saturated carbocycles. The Balaban J connectivity index is 0.000000457. The van der Waals surface area contributed by atoms with Crippen LogP contribution in [-0.4, -0.2) is 133 Å². The minimum absolute atomic E-state index is 0.0132. The molecule has 6 aromatic carbocycles. The molecule has 0 spiro atoms. The van der Waals surface area contributed by atoms with Crippen molar-refractivity contribution in [2.24, 2.45) is 0 Å². The summed E-state index contributed by atoms with van der Waals surface area (Å²) >= 11 is 8.51. The van der Waals surface area contributed by atoms with E-state index in [2.05, 4.69) is 21.8 Å². The zero-order valence-corrected chi connectivity index (χ0v) is 43.2. The highest BCUT2D eigenvalue weighted by Crippen LogP contribution is 2.40. The number of carbonyl (C=O) groups is 6. The monoisotopic (exact) mass is 1180 g/mol. The van der Waals surface area contributed by atoms with Crippen LogP contribution in [0.2, 0.25) is 5.02 Å². The largest absolute Gasteiger partial charge is 0.504 e. The van der Waals surface area contributed by atoms with Crippen molar-refractivity contribution >= 4 is 96.4 Å². The molecule has 76 heavy (non-hydrogen) atoms. The molecule has 0 heterocycles. The second kappa shape index (κ2) is 27.9. The van der Waals surface area contributed by atoms with Gasteiger partial charge in [-0.25, -0.2) is 12.6 Å². The quantitative estimate of drug-likeness (QED) is 0.0236. The van der Waals surface area contributed by atoms with Crippen molar-refractivity contribution < 1.29 is 112 Å². The molecule has 0 fully saturated rings. The van der Waals surface area contributed by atoms with Crippen LogP contribution in [0.15, 0.2) is 74.9 Å². The number of aldehydes is 6. The third kappa shape index (κ3) is 17.3. The predicted octanol–water partition coefficient (Wildman–Crippen LogP) is 6.66. The molecule has 0 aliphatic heterocycles. The number of nitrogens with zero attached hydrogens (tertiary/aromatic N) is 1. The van der Waals surface area contributed by atoms with Gasteiger partial charge in [0.25, 0.3) is 0 Å². The molecule has 0 aromatic heterocycles. The minimum atomic E-state index is -3.66. The maximum Gasteiger partial charge on any atom is 0.325 e. The van der Waals surface area contributed by atoms with E-state index in [9.17, 15) is 71.9 Å². The Morgan fingerprint density at radius 2 is 0.882 bits per heavy atom. The van der Waals surface area contributed by atoms with Gasteiger partial charge in [-0.05, 0) is 120 Å². The van der Waals surface area contributed by atoms with Crippen molar-refractivity contribution in [1.29, 1.82) is 0 Å². The van der Waals surface area contributed by atoms with Crippen molar-refractivity contribution in [3.8, 4) is 69.0 Å². The van der Waals surface area contributed by atoms with Crippen molar-refractivity contribution in [2.75, 3.05) is 6.26 Å². The first-order chi connectivity index (χ1) is 35.1. The lowest BCUT2D eigenvalue weighted by molar-refractivity contribution is -0.386. The van der Waals surface area contributed by atoms with Gasteiger partial charge in [-0.1, -0.05) is 11.6 Å². The fourth-order valence-electron chi connectivity index (χ4n) is 5.37. The lowest BCUT2D eigenvalue weighted by atomic mass is 10.1. The molecule has 0 aliphatic rings. The van der Waals surface area contributed by atoms with Crippen molar-refractivity contribution in [2.45, 2.75) is 30.6 Å². The lowest BCUT2D eigenvalue weighted by Gasteiger charge is -2.06. The van der Waals surface area contributed by atoms with E-state index in [-0.39, 0.29) is 66.8 Å². The number of rotatable bonds is 9. The van der Waals surface area contributed by atoms with Crippen LogP contribution in [0.3, 0.4) is 0 Å². The van der Waals surface area contributed by atoms with E-state index < -0.39 is 80.3 Å². The van der Waals surface area contributed by atoms with E-state index >= 15 is 0 Å². The van der Waals surface area contributed by atoms with Crippen LogP contribution in [0.1, 0.15) is 78.8 Å². The van der Waals surface area contributed by atoms with E-state index in [1.54, 1.807) is 20.8 Å². The Bertz CT molecular complexity index is 3270. The number of benzene rings is 6. The number of aromatic hydroxyl groups is 12. The summed E-state index contributed by atoms with van der Waals surface area (Å²) < 4.78 is 42.5. The summed E-state index contributed by atoms with van der Waals surface area (Å²) in [6.07, 6.45) is 3.62. The smallest absolute Gasteiger partial charge is 0.325 e. The number of hydrogen-bond donors (Lipinski definition) is 13. The van der Waals surface area contributed by atoms with Crippen LogP contribution in [0.5, 0.6) is 69.0 Å². The Hall–Kier alpha value is -8.96. The molecule has 0 amide bonds. The average molecular weight is 1190 g/mol. The molecule has 6 aromatic rings. The van der Waals surface area contributed by atoms with Crippen molar-refractivity contribution in [3.63, 3.8) is 0 Å². The molecule has 6 rings (SSSR count). The fraction of sp³-hybridized carbons (Fsp3) is 0.0851. The summed E-state index contributed by atoms with van der Waals surface area (Å²) in [6.45, 7) is 4.79. The Kier molecular flexibility index (Phi) is 23.9. The number of halogens is 2. The van der Waals surface area contributed by atoms with Gasteiger partial charge in [0.05, 0.1) is 20.0 Å². The summed E-state index contributed by atoms with van der Waals surface area (Å²) in [6, 6.07) is 11.6. The molecule has 25 nitrogen and oxygen atoms in total. The first-order valence-electron chi connectivity index (χ1n) is 19.9. The van der Waals surface area contributed by atoms with Crippen LogP contribution >= 0.6 is 27.5 Å². The number of sulfone groups is 1. The zero-order valence-electron chi connectivity index (χ0n) is 39.3. The van der Waals surface area contributed by atoms with Gasteiger partial charge in [0, 0.05) is 34.1 Å². The molecular weight excluding hydrogens is 1140 g/mol. The van der Waals surface area contributed by atoms with Crippen molar-refractivity contribution in [1.82, 2.24) is 0 Å². The van der Waals surface area contributed by atoms with Crippen LogP contribution in [-0.2, 0) is 19.6 Å². The molecular formula is C47H43BrClNO24S2. The normalized spacial score (nSPS) is 10.9. The van der Waals surface area contributed by atoms with Gasteiger partial charge in [0.2, 0.25) is 5.75 Å². The highest BCUT2D eigenvalue weighted by molar-refractivity contribution is 9.10. The number of nitro groups is 1. The van der Waals surface area contributed by atoms with Gasteiger partial charge in [-0.2, -0.15) is 0 Å². The summed E-state index contributed by atoms with van der Waals surface area (Å²) in [5.74, 6) is -3.00. The third-order valence-electron chi connectivity index (χ3n) is 9.20. The van der Waals surface area contributed by atoms with Gasteiger partial charge in [-0.3, -0.25) is 38.9 Å². The molecule has 0 bridgehead atoms. The van der Waals surface area contributed by atoms with Crippen LogP contribution in [0.4, 0.5) is 5.69 Å². The van der Waals surface area contributed by atoms with Gasteiger partial charge in [0.15, 0.2) is 91.9 Å². The standard InChI is InChI=1S/C8H7BrO3.C8H7ClO3.2C8H8O5S.C8H8O3.C7H5NO5/c2*1-4-2-5(3-10)6(9)8(12)7(4)11;2*1-14(12,13)7-3-5(4-9)2-6(10)8(7)11;1-5-2-6(4-9)3-7(10)8(5)11;9-3-4-1-2-5(10)7(11)6(4)8(12)13/h2*2-3,11-12H,1H3;2-4,10-11H,1H3;2-4,10-11H,1H2,(H,12,13);2-4,10-11H,1H3;1-3,10-11H. The number of nitro benzene ring substituents is 1. The van der Waals surface area contributed by atoms with Gasteiger partial charge < -0.3 is 65.8 Å². The third-order valence-corrected chi connectivity index (χ3v) is 12.5. The average Bonchev–Trinajstić information content (AvgIpc) is 3.36. The minimum Gasteiger partial charge on any atom is -0.504 e. The van der Waals surface area contributed by atoms with E-state index in [0.29, 0.717) is 59.2 Å². The SMILES string of the molecule is C=S(=O)(O)c1cc(C=O)cc(O)c1O.CS(=O)(=O)c1cc(C=O)cc(O)c1O.Cc1cc(C=O)c(Br)c(O)c1O.Cc1cc(C=O)c(Cl)c(O)c1O.Cc1cc(C=O)cc(O)c1O.O=Cc1ccc(O)c(O)c1[N+](=O)[O-]. The molecule has 1 atom stereocenters. The number of aryl methyl sites for hydroxylation is 3. The topological polar surface area (TPSA) is 460 Å². The molecule has 13 N–H and O–H groups in total. The van der Waals surface area contributed by atoms with Crippen LogP contribution in [0, 0.1) is 30.9 Å². The first-order valence-corrected chi connectivity index (χ1v) is 24.6. The number of hydrogen-bond acceptors (Lipinski definition) is 23. The molecule has 0 saturated heterocycles. The molecule has 406 valence electrons. The van der Waals surface area contributed by atoms with E-state index in [0.717, 1.165) is 42.7 Å². The summed E-state index contributed by atoms with van der Waals surface area (Å²) in [5, 5.41) is 120. The Morgan fingerprint density at radius 1 is 0.500 bits per heavy atom. The van der Waals surface area contributed by atoms with Gasteiger partial charge in [-0.15, -0.1) is 0 Å². The highest BCUT2D eigenvalue weighted by Gasteiger charge is 2.23. The van der Waals surface area contributed by atoms with Crippen molar-refractivity contribution in [3.05, 3.63) is 130 Å². The Morgan fingerprint density at radius 3 is 1.28 bits per heavy atom. The maximum absolute atomic E-state index is 11.1. The predicted molar refractivity (Wildman–Crippen MR) is 274 cm³/mol. The highest BCUT2D eigenvalue weighted by atomic mass is 79.9. The lowest BCUT2D eigenvalue weighted by Crippen LogP contribution is -1.99. The van der Waals surface area contributed by atoms with Crippen LogP contribution < -0.4 is 0 Å². The fourth-order valence-corrected chi connectivity index (χ4v) is 7.49. The van der Waals surface area contributed by atoms with Gasteiger partial charge >= 0.3 is 5.69 Å². The summed E-state index contributed by atoms with van der Waals surface area (Å²) in [4.78, 5) is 70.5. The molecule has 0 aliphatic carbocycles. The second-order valence-corrected chi connectivity index (χ2v) is 19.7. The van der Waals surface area contributed by atoms with E-state index in [4.69, 9.17) is 57.0 Å². The number of phenols is 12. The number of carbonyl (C=O) groups excluding carboxylic acids is 6. The molecule has 0 radical (unpaired) electrons. The first kappa shape index (κ1) is 65.1. The summed E-state index contributed by atoms with van der Waals surface area (Å²) in [5.41, 5.74) is 1.14. The van der Waals surface area contributed by atoms with Crippen LogP contribution in [0.25, 0.3) is 0 Å². The molecule has 29 heteroatoms. The Labute approximate surface area is 442 Å². The maximum atomic E-state index is 11.1. The second-order valence-electron chi connectivity index (χ2n) is 14.8.